The topological polar surface area (TPSA) is 107 Å². The highest BCUT2D eigenvalue weighted by Crippen LogP contribution is 2.33. The van der Waals surface area contributed by atoms with Gasteiger partial charge in [0.25, 0.3) is 11.8 Å². The van der Waals surface area contributed by atoms with Crippen LogP contribution in [0, 0.1) is 27.7 Å². The lowest BCUT2D eigenvalue weighted by Crippen LogP contribution is -2.12. The molecule has 3 heterocycles. The largest absolute Gasteiger partial charge is 0.466 e. The summed E-state index contributed by atoms with van der Waals surface area (Å²) in [5.74, 6) is 1.07. The van der Waals surface area contributed by atoms with Crippen LogP contribution in [0.5, 0.6) is 0 Å². The average molecular weight is 389 g/mol. The van der Waals surface area contributed by atoms with Gasteiger partial charge in [0.15, 0.2) is 6.61 Å². The van der Waals surface area contributed by atoms with Gasteiger partial charge in [0.2, 0.25) is 5.91 Å². The summed E-state index contributed by atoms with van der Waals surface area (Å²) >= 11 is 1.33. The number of esters is 1. The van der Waals surface area contributed by atoms with Gasteiger partial charge in [-0.3, -0.25) is 4.79 Å². The van der Waals surface area contributed by atoms with Crippen LogP contribution >= 0.6 is 11.3 Å². The number of hydrogen-bond acceptors (Lipinski definition) is 8. The van der Waals surface area contributed by atoms with Crippen molar-refractivity contribution in [1.29, 1.82) is 0 Å². The minimum atomic E-state index is -0.560. The molecule has 3 aromatic heterocycles. The summed E-state index contributed by atoms with van der Waals surface area (Å²) < 4.78 is 16.3. The molecule has 0 fully saturated rings. The Balaban J connectivity index is 1.74. The molecule has 3 aromatic rings. The van der Waals surface area contributed by atoms with Crippen LogP contribution in [-0.4, -0.2) is 22.1 Å². The van der Waals surface area contributed by atoms with Crippen molar-refractivity contribution < 1.29 is 23.2 Å². The number of furan rings is 1. The van der Waals surface area contributed by atoms with Crippen LogP contribution < -0.4 is 5.32 Å². The Kier molecular flexibility index (Phi) is 5.13. The van der Waals surface area contributed by atoms with E-state index in [1.807, 2.05) is 20.8 Å². The van der Waals surface area contributed by atoms with Gasteiger partial charge in [-0.2, -0.15) is 0 Å². The third kappa shape index (κ3) is 3.92. The molecule has 1 N–H and O–H groups in total. The van der Waals surface area contributed by atoms with Crippen molar-refractivity contribution >= 4 is 28.2 Å². The summed E-state index contributed by atoms with van der Waals surface area (Å²) in [5.41, 5.74) is 1.81. The third-order valence-electron chi connectivity index (χ3n) is 3.94. The summed E-state index contributed by atoms with van der Waals surface area (Å²) in [6.45, 7) is 8.53. The standard InChI is InChI=1S/C18H19N3O5S/c1-8-6-13(10(3)25-8)16-21-20-14(26-16)7-24-18(23)15-9(2)11(4)27-17(15)19-12(5)22/h6H,7H2,1-5H3,(H,19,22). The fraction of sp³-hybridized carbons (Fsp3) is 0.333. The van der Waals surface area contributed by atoms with Crippen LogP contribution in [0.15, 0.2) is 14.9 Å². The maximum Gasteiger partial charge on any atom is 0.341 e. The summed E-state index contributed by atoms with van der Waals surface area (Å²) in [6.07, 6.45) is 0. The van der Waals surface area contributed by atoms with Gasteiger partial charge >= 0.3 is 5.97 Å². The summed E-state index contributed by atoms with van der Waals surface area (Å²) in [7, 11) is 0. The van der Waals surface area contributed by atoms with Crippen LogP contribution in [-0.2, 0) is 16.1 Å². The molecule has 0 saturated heterocycles. The van der Waals surface area contributed by atoms with Gasteiger partial charge in [-0.1, -0.05) is 0 Å². The fourth-order valence-corrected chi connectivity index (χ4v) is 3.68. The van der Waals surface area contributed by atoms with E-state index in [9.17, 15) is 9.59 Å². The van der Waals surface area contributed by atoms with E-state index in [0.717, 1.165) is 16.2 Å². The Morgan fingerprint density at radius 2 is 1.93 bits per heavy atom. The van der Waals surface area contributed by atoms with Crippen LogP contribution in [0.3, 0.4) is 0 Å². The second-order valence-corrected chi connectivity index (χ2v) is 7.30. The number of thiophene rings is 1. The van der Waals surface area contributed by atoms with Gasteiger partial charge in [0, 0.05) is 11.8 Å². The van der Waals surface area contributed by atoms with Crippen molar-refractivity contribution in [3.05, 3.63) is 39.5 Å². The Hall–Kier alpha value is -2.94. The number of carbonyl (C=O) groups is 2. The Morgan fingerprint density at radius 1 is 1.19 bits per heavy atom. The van der Waals surface area contributed by atoms with Crippen molar-refractivity contribution in [3.63, 3.8) is 0 Å². The molecule has 0 atom stereocenters. The van der Waals surface area contributed by atoms with Crippen LogP contribution in [0.4, 0.5) is 5.00 Å². The Bertz CT molecular complexity index is 1010. The van der Waals surface area contributed by atoms with Crippen molar-refractivity contribution in [2.75, 3.05) is 5.32 Å². The van der Waals surface area contributed by atoms with Crippen LogP contribution in [0.2, 0.25) is 0 Å². The maximum absolute atomic E-state index is 12.5. The molecule has 0 aliphatic heterocycles. The second kappa shape index (κ2) is 7.36. The zero-order valence-corrected chi connectivity index (χ0v) is 16.4. The predicted molar refractivity (Wildman–Crippen MR) is 98.7 cm³/mol. The van der Waals surface area contributed by atoms with Gasteiger partial charge in [-0.15, -0.1) is 21.5 Å². The first kappa shape index (κ1) is 18.8. The lowest BCUT2D eigenvalue weighted by atomic mass is 10.1. The lowest BCUT2D eigenvalue weighted by molar-refractivity contribution is -0.114. The van der Waals surface area contributed by atoms with Crippen molar-refractivity contribution in [3.8, 4) is 11.5 Å². The van der Waals surface area contributed by atoms with E-state index in [1.54, 1.807) is 13.0 Å². The normalized spacial score (nSPS) is 10.9. The second-order valence-electron chi connectivity index (χ2n) is 6.07. The zero-order valence-electron chi connectivity index (χ0n) is 15.6. The Morgan fingerprint density at radius 3 is 2.56 bits per heavy atom. The molecular weight excluding hydrogens is 370 g/mol. The summed E-state index contributed by atoms with van der Waals surface area (Å²) in [5, 5.41) is 11.0. The smallest absolute Gasteiger partial charge is 0.341 e. The van der Waals surface area contributed by atoms with Crippen LogP contribution in [0.1, 0.15) is 45.1 Å². The quantitative estimate of drug-likeness (QED) is 0.659. The summed E-state index contributed by atoms with van der Waals surface area (Å²) in [4.78, 5) is 24.8. The molecule has 9 heteroatoms. The van der Waals surface area contributed by atoms with Crippen molar-refractivity contribution in [1.82, 2.24) is 10.2 Å². The number of nitrogens with zero attached hydrogens (tertiary/aromatic N) is 2. The number of anilines is 1. The number of aryl methyl sites for hydroxylation is 3. The maximum atomic E-state index is 12.5. The van der Waals surface area contributed by atoms with Gasteiger partial charge < -0.3 is 18.9 Å². The SMILES string of the molecule is CC(=O)Nc1sc(C)c(C)c1C(=O)OCc1nnc(-c2cc(C)oc2C)o1. The van der Waals surface area contributed by atoms with Gasteiger partial charge in [-0.05, 0) is 39.3 Å². The molecule has 0 radical (unpaired) electrons. The lowest BCUT2D eigenvalue weighted by Gasteiger charge is -2.05. The number of aromatic nitrogens is 2. The molecule has 0 unspecified atom stereocenters. The molecule has 8 nitrogen and oxygen atoms in total. The number of carbonyl (C=O) groups excluding carboxylic acids is 2. The van der Waals surface area contributed by atoms with E-state index in [-0.39, 0.29) is 18.4 Å². The monoisotopic (exact) mass is 389 g/mol. The number of ether oxygens (including phenoxy) is 1. The fourth-order valence-electron chi connectivity index (χ4n) is 2.58. The number of rotatable bonds is 5. The molecule has 0 bridgehead atoms. The molecule has 142 valence electrons. The van der Waals surface area contributed by atoms with E-state index in [4.69, 9.17) is 13.6 Å². The molecule has 0 aromatic carbocycles. The number of nitrogens with one attached hydrogen (secondary N) is 1. The molecule has 0 aliphatic rings. The van der Waals surface area contributed by atoms with E-state index in [0.29, 0.717) is 27.8 Å². The van der Waals surface area contributed by atoms with E-state index < -0.39 is 5.97 Å². The van der Waals surface area contributed by atoms with Crippen LogP contribution in [0.25, 0.3) is 11.5 Å². The van der Waals surface area contributed by atoms with Crippen molar-refractivity contribution in [2.24, 2.45) is 0 Å². The van der Waals surface area contributed by atoms with E-state index in [1.165, 1.54) is 18.3 Å². The minimum Gasteiger partial charge on any atom is -0.466 e. The molecule has 0 spiro atoms. The van der Waals surface area contributed by atoms with Gasteiger partial charge in [0.05, 0.1) is 11.1 Å². The molecule has 27 heavy (non-hydrogen) atoms. The van der Waals surface area contributed by atoms with E-state index >= 15 is 0 Å². The highest BCUT2D eigenvalue weighted by molar-refractivity contribution is 7.16. The first-order valence-electron chi connectivity index (χ1n) is 8.20. The molecule has 0 saturated carbocycles. The highest BCUT2D eigenvalue weighted by atomic mass is 32.1. The first-order valence-corrected chi connectivity index (χ1v) is 9.02. The summed E-state index contributed by atoms with van der Waals surface area (Å²) in [6, 6.07) is 1.80. The molecular formula is C18H19N3O5S. The Labute approximate surface area is 159 Å². The van der Waals surface area contributed by atoms with E-state index in [2.05, 4.69) is 15.5 Å². The number of hydrogen-bond donors (Lipinski definition) is 1. The minimum absolute atomic E-state index is 0.169. The molecule has 3 rings (SSSR count). The zero-order chi connectivity index (χ0) is 19.7. The molecule has 1 amide bonds. The van der Waals surface area contributed by atoms with Gasteiger partial charge in [-0.25, -0.2) is 4.79 Å². The third-order valence-corrected chi connectivity index (χ3v) is 5.07. The molecule has 0 aliphatic carbocycles. The predicted octanol–water partition coefficient (Wildman–Crippen LogP) is 3.94. The number of amides is 1. The highest BCUT2D eigenvalue weighted by Gasteiger charge is 2.23. The van der Waals surface area contributed by atoms with Crippen molar-refractivity contribution in [2.45, 2.75) is 41.2 Å². The first-order chi connectivity index (χ1) is 12.8. The average Bonchev–Trinajstić information content (AvgIpc) is 3.24. The van der Waals surface area contributed by atoms with Gasteiger partial charge in [0.1, 0.15) is 16.5 Å².